The minimum absolute atomic E-state index is 0.730. The third kappa shape index (κ3) is 2.75. The summed E-state index contributed by atoms with van der Waals surface area (Å²) < 4.78 is 1.28. The van der Waals surface area contributed by atoms with E-state index in [2.05, 4.69) is 58.7 Å². The molecule has 0 saturated carbocycles. The number of benzene rings is 2. The highest BCUT2D eigenvalue weighted by atomic mass is 32.1. The van der Waals surface area contributed by atoms with Gasteiger partial charge in [-0.1, -0.05) is 36.4 Å². The Kier molecular flexibility index (Phi) is 3.62. The maximum absolute atomic E-state index is 4.74. The van der Waals surface area contributed by atoms with Crippen LogP contribution in [0.25, 0.3) is 10.2 Å². The van der Waals surface area contributed by atoms with Crippen molar-refractivity contribution in [2.75, 3.05) is 13.1 Å². The Morgan fingerprint density at radius 3 is 2.67 bits per heavy atom. The van der Waals surface area contributed by atoms with Gasteiger partial charge in [-0.2, -0.15) is 0 Å². The molecule has 122 valence electrons. The van der Waals surface area contributed by atoms with Crippen LogP contribution >= 0.6 is 11.3 Å². The van der Waals surface area contributed by atoms with E-state index in [1.807, 2.05) is 0 Å². The first-order valence-electron chi connectivity index (χ1n) is 8.73. The maximum atomic E-state index is 4.74. The summed E-state index contributed by atoms with van der Waals surface area (Å²) in [7, 11) is 0. The molecule has 0 aliphatic carbocycles. The number of likely N-dealkylation sites (tertiary alicyclic amines) is 1. The van der Waals surface area contributed by atoms with Crippen molar-refractivity contribution < 1.29 is 0 Å². The van der Waals surface area contributed by atoms with Crippen LogP contribution < -0.4 is 5.32 Å². The molecule has 0 spiro atoms. The molecular weight excluding hydrogens is 314 g/mol. The number of aromatic nitrogens is 1. The molecule has 2 aliphatic rings. The molecule has 2 aliphatic heterocycles. The van der Waals surface area contributed by atoms with Crippen molar-refractivity contribution in [2.24, 2.45) is 0 Å². The standard InChI is InChI=1S/C20H21N3S/c1-2-4-19-18(3-1)22-20(24-19)9-14-5-7-15(8-6-14)12-23-13-16-10-17(23)11-21-16/h1-8,16-17,21H,9-13H2/t16-,17+/m0/s1. The first-order chi connectivity index (χ1) is 11.8. The summed E-state index contributed by atoms with van der Waals surface area (Å²) in [6.45, 7) is 3.46. The molecule has 1 aromatic heterocycles. The fourth-order valence-corrected chi connectivity index (χ4v) is 5.01. The lowest BCUT2D eigenvalue weighted by atomic mass is 10.1. The van der Waals surface area contributed by atoms with E-state index in [1.54, 1.807) is 11.3 Å². The van der Waals surface area contributed by atoms with E-state index in [9.17, 15) is 0 Å². The van der Waals surface area contributed by atoms with Gasteiger partial charge < -0.3 is 5.32 Å². The van der Waals surface area contributed by atoms with Gasteiger partial charge >= 0.3 is 0 Å². The van der Waals surface area contributed by atoms with Crippen molar-refractivity contribution in [2.45, 2.75) is 31.5 Å². The molecule has 1 N–H and O–H groups in total. The Bertz CT molecular complexity index is 822. The average molecular weight is 335 g/mol. The molecule has 2 bridgehead atoms. The molecule has 2 aromatic carbocycles. The molecule has 3 heterocycles. The lowest BCUT2D eigenvalue weighted by Crippen LogP contribution is -2.42. The first kappa shape index (κ1) is 14.6. The van der Waals surface area contributed by atoms with Crippen LogP contribution in [-0.4, -0.2) is 35.1 Å². The SMILES string of the molecule is c1ccc2sc(Cc3ccc(CN4C[C@@H]5C[C@@H]4CN5)cc3)nc2c1. The number of rotatable bonds is 4. The van der Waals surface area contributed by atoms with Crippen LogP contribution in [0.4, 0.5) is 0 Å². The van der Waals surface area contributed by atoms with E-state index >= 15 is 0 Å². The average Bonchev–Trinajstić information content (AvgIpc) is 3.31. The van der Waals surface area contributed by atoms with Gasteiger partial charge in [-0.05, 0) is 29.7 Å². The predicted molar refractivity (Wildman–Crippen MR) is 99.5 cm³/mol. The molecule has 2 saturated heterocycles. The monoisotopic (exact) mass is 335 g/mol. The highest BCUT2D eigenvalue weighted by Gasteiger charge is 2.37. The number of thiazole rings is 1. The predicted octanol–water partition coefficient (Wildman–Crippen LogP) is 3.43. The molecule has 3 aromatic rings. The number of hydrogen-bond acceptors (Lipinski definition) is 4. The van der Waals surface area contributed by atoms with Gasteiger partial charge in [0.15, 0.2) is 0 Å². The fraction of sp³-hybridized carbons (Fsp3) is 0.350. The minimum atomic E-state index is 0.730. The van der Waals surface area contributed by atoms with Gasteiger partial charge in [0.25, 0.3) is 0 Å². The lowest BCUT2D eigenvalue weighted by molar-refractivity contribution is 0.218. The summed E-state index contributed by atoms with van der Waals surface area (Å²) in [5, 5.41) is 4.77. The summed E-state index contributed by atoms with van der Waals surface area (Å²) in [5.74, 6) is 0. The Hall–Kier alpha value is -1.75. The largest absolute Gasteiger partial charge is 0.311 e. The Morgan fingerprint density at radius 2 is 1.92 bits per heavy atom. The van der Waals surface area contributed by atoms with E-state index in [-0.39, 0.29) is 0 Å². The third-order valence-electron chi connectivity index (χ3n) is 5.27. The second-order valence-corrected chi connectivity index (χ2v) is 8.11. The molecule has 2 fully saturated rings. The second kappa shape index (κ2) is 5.96. The highest BCUT2D eigenvalue weighted by Crippen LogP contribution is 2.26. The number of hydrogen-bond donors (Lipinski definition) is 1. The molecule has 4 heteroatoms. The van der Waals surface area contributed by atoms with Crippen LogP contribution in [-0.2, 0) is 13.0 Å². The van der Waals surface area contributed by atoms with Gasteiger partial charge in [-0.3, -0.25) is 4.90 Å². The quantitative estimate of drug-likeness (QED) is 0.792. The van der Waals surface area contributed by atoms with Crippen molar-refractivity contribution >= 4 is 21.6 Å². The summed E-state index contributed by atoms with van der Waals surface area (Å²) in [5.41, 5.74) is 3.89. The van der Waals surface area contributed by atoms with Crippen LogP contribution in [0, 0.1) is 0 Å². The summed E-state index contributed by atoms with van der Waals surface area (Å²) in [6.07, 6.45) is 2.26. The zero-order valence-electron chi connectivity index (χ0n) is 13.6. The Morgan fingerprint density at radius 1 is 1.08 bits per heavy atom. The zero-order valence-corrected chi connectivity index (χ0v) is 14.4. The molecule has 0 unspecified atom stereocenters. The van der Waals surface area contributed by atoms with Gasteiger partial charge in [-0.25, -0.2) is 4.98 Å². The smallest absolute Gasteiger partial charge is 0.0982 e. The van der Waals surface area contributed by atoms with Crippen molar-refractivity contribution in [1.29, 1.82) is 0 Å². The number of nitrogens with zero attached hydrogens (tertiary/aromatic N) is 2. The maximum Gasteiger partial charge on any atom is 0.0982 e. The van der Waals surface area contributed by atoms with Crippen molar-refractivity contribution in [3.63, 3.8) is 0 Å². The van der Waals surface area contributed by atoms with Crippen LogP contribution in [0.3, 0.4) is 0 Å². The molecule has 24 heavy (non-hydrogen) atoms. The molecule has 2 atom stereocenters. The van der Waals surface area contributed by atoms with E-state index in [1.165, 1.54) is 40.3 Å². The van der Waals surface area contributed by atoms with Gasteiger partial charge in [0.05, 0.1) is 15.2 Å². The van der Waals surface area contributed by atoms with Crippen LogP contribution in [0.1, 0.15) is 22.6 Å². The van der Waals surface area contributed by atoms with Crippen molar-refractivity contribution in [1.82, 2.24) is 15.2 Å². The Balaban J connectivity index is 1.27. The summed E-state index contributed by atoms with van der Waals surface area (Å²) in [4.78, 5) is 7.37. The normalized spacial score (nSPS) is 23.3. The van der Waals surface area contributed by atoms with Crippen LogP contribution in [0.15, 0.2) is 48.5 Å². The van der Waals surface area contributed by atoms with E-state index in [0.29, 0.717) is 0 Å². The number of para-hydroxylation sites is 1. The number of fused-ring (bicyclic) bond motifs is 3. The van der Waals surface area contributed by atoms with Crippen molar-refractivity contribution in [3.8, 4) is 0 Å². The van der Waals surface area contributed by atoms with Crippen LogP contribution in [0.2, 0.25) is 0 Å². The van der Waals surface area contributed by atoms with Gasteiger partial charge in [0, 0.05) is 38.1 Å². The molecule has 0 radical (unpaired) electrons. The zero-order chi connectivity index (χ0) is 15.9. The second-order valence-electron chi connectivity index (χ2n) is 6.99. The first-order valence-corrected chi connectivity index (χ1v) is 9.55. The number of nitrogens with one attached hydrogen (secondary N) is 1. The van der Waals surface area contributed by atoms with Gasteiger partial charge in [-0.15, -0.1) is 11.3 Å². The van der Waals surface area contributed by atoms with Crippen molar-refractivity contribution in [3.05, 3.63) is 64.7 Å². The summed E-state index contributed by atoms with van der Waals surface area (Å²) >= 11 is 1.80. The van der Waals surface area contributed by atoms with Gasteiger partial charge in [0.1, 0.15) is 0 Å². The van der Waals surface area contributed by atoms with Gasteiger partial charge in [0.2, 0.25) is 0 Å². The van der Waals surface area contributed by atoms with Crippen LogP contribution in [0.5, 0.6) is 0 Å². The van der Waals surface area contributed by atoms with E-state index < -0.39 is 0 Å². The fourth-order valence-electron chi connectivity index (χ4n) is 4.01. The third-order valence-corrected chi connectivity index (χ3v) is 6.31. The molecule has 3 nitrogen and oxygen atoms in total. The van der Waals surface area contributed by atoms with E-state index in [4.69, 9.17) is 4.98 Å². The molecular formula is C20H21N3S. The Labute approximate surface area is 146 Å². The molecule has 0 amide bonds. The lowest BCUT2D eigenvalue weighted by Gasteiger charge is -2.27. The van der Waals surface area contributed by atoms with E-state index in [0.717, 1.165) is 30.6 Å². The molecule has 5 rings (SSSR count). The summed E-state index contributed by atoms with van der Waals surface area (Å²) in [6, 6.07) is 19.0. The topological polar surface area (TPSA) is 28.2 Å². The minimum Gasteiger partial charge on any atom is -0.311 e. The number of piperazine rings is 1. The highest BCUT2D eigenvalue weighted by molar-refractivity contribution is 7.18.